The van der Waals surface area contributed by atoms with Gasteiger partial charge in [0.15, 0.2) is 0 Å². The van der Waals surface area contributed by atoms with Crippen LogP contribution in [0, 0.1) is 0 Å². The van der Waals surface area contributed by atoms with E-state index < -0.39 is 6.10 Å². The Bertz CT molecular complexity index is 431. The third kappa shape index (κ3) is 5.46. The van der Waals surface area contributed by atoms with Crippen molar-refractivity contribution >= 4 is 41.5 Å². The van der Waals surface area contributed by atoms with Gasteiger partial charge in [-0.3, -0.25) is 4.79 Å². The van der Waals surface area contributed by atoms with E-state index >= 15 is 0 Å². The number of hydrogen-bond acceptors (Lipinski definition) is 3. The first-order valence-corrected chi connectivity index (χ1v) is 6.96. The fourth-order valence-corrected chi connectivity index (χ4v) is 2.50. The summed E-state index contributed by atoms with van der Waals surface area (Å²) in [5.74, 6) is -0.0830. The molecule has 0 radical (unpaired) electrons. The number of amides is 1. The summed E-state index contributed by atoms with van der Waals surface area (Å²) in [5, 5.41) is 7.18. The van der Waals surface area contributed by atoms with Crippen molar-refractivity contribution in [2.45, 2.75) is 12.5 Å². The summed E-state index contributed by atoms with van der Waals surface area (Å²) in [5.41, 5.74) is 1.00. The number of hydrogen-bond donors (Lipinski definition) is 2. The highest BCUT2D eigenvalue weighted by Crippen LogP contribution is 2.19. The zero-order valence-corrected chi connectivity index (χ0v) is 13.2. The molecule has 4 nitrogen and oxygen atoms in total. The molecule has 0 saturated carbocycles. The minimum Gasteiger partial charge on any atom is -0.366 e. The summed E-state index contributed by atoms with van der Waals surface area (Å²) >= 11 is 11.8. The minimum atomic E-state index is -0.392. The zero-order chi connectivity index (χ0) is 13.7. The van der Waals surface area contributed by atoms with E-state index in [1.54, 1.807) is 6.07 Å². The summed E-state index contributed by atoms with van der Waals surface area (Å²) < 4.78 is 5.36. The standard InChI is InChI=1S/C13H16Cl2N2O2.ClH/c14-10-5-9(6-11(15)7-10)1-2-17-13(18)12-8-16-3-4-19-12;/h5-7,12,16H,1-4,8H2,(H,17,18);1H. The first-order chi connectivity index (χ1) is 9.15. The second-order valence-electron chi connectivity index (χ2n) is 4.38. The van der Waals surface area contributed by atoms with Crippen LogP contribution < -0.4 is 10.6 Å². The molecule has 1 aliphatic heterocycles. The molecule has 1 heterocycles. The summed E-state index contributed by atoms with van der Waals surface area (Å²) in [6, 6.07) is 5.38. The van der Waals surface area contributed by atoms with Gasteiger partial charge in [0.25, 0.3) is 0 Å². The normalized spacial score (nSPS) is 18.2. The minimum absolute atomic E-state index is 0. The molecule has 112 valence electrons. The highest BCUT2D eigenvalue weighted by atomic mass is 35.5. The molecule has 1 amide bonds. The van der Waals surface area contributed by atoms with E-state index in [9.17, 15) is 4.79 Å². The van der Waals surface area contributed by atoms with E-state index in [2.05, 4.69) is 10.6 Å². The van der Waals surface area contributed by atoms with Crippen LogP contribution in [0.3, 0.4) is 0 Å². The molecule has 1 fully saturated rings. The fraction of sp³-hybridized carbons (Fsp3) is 0.462. The van der Waals surface area contributed by atoms with Crippen molar-refractivity contribution < 1.29 is 9.53 Å². The van der Waals surface area contributed by atoms with Crippen molar-refractivity contribution in [3.05, 3.63) is 33.8 Å². The summed E-state index contributed by atoms with van der Waals surface area (Å²) in [6.45, 7) is 2.47. The number of benzene rings is 1. The Morgan fingerprint density at radius 3 is 2.65 bits per heavy atom. The van der Waals surface area contributed by atoms with Crippen LogP contribution in [0.4, 0.5) is 0 Å². The number of nitrogens with one attached hydrogen (secondary N) is 2. The Morgan fingerprint density at radius 2 is 2.05 bits per heavy atom. The van der Waals surface area contributed by atoms with E-state index in [1.807, 2.05) is 12.1 Å². The van der Waals surface area contributed by atoms with Gasteiger partial charge in [0.05, 0.1) is 6.61 Å². The molecule has 0 spiro atoms. The van der Waals surface area contributed by atoms with Gasteiger partial charge >= 0.3 is 0 Å². The number of ether oxygens (including phenoxy) is 1. The molecule has 0 bridgehead atoms. The van der Waals surface area contributed by atoms with E-state index in [1.165, 1.54) is 0 Å². The molecule has 7 heteroatoms. The third-order valence-electron chi connectivity index (χ3n) is 2.86. The Morgan fingerprint density at radius 1 is 1.35 bits per heavy atom. The molecule has 1 aliphatic rings. The van der Waals surface area contributed by atoms with Crippen LogP contribution in [-0.4, -0.2) is 38.3 Å². The molecule has 1 atom stereocenters. The van der Waals surface area contributed by atoms with Crippen molar-refractivity contribution in [3.63, 3.8) is 0 Å². The van der Waals surface area contributed by atoms with Gasteiger partial charge in [-0.2, -0.15) is 0 Å². The lowest BCUT2D eigenvalue weighted by atomic mass is 10.1. The monoisotopic (exact) mass is 338 g/mol. The molecule has 1 aromatic rings. The van der Waals surface area contributed by atoms with Gasteiger partial charge in [0, 0.05) is 29.7 Å². The molecule has 1 unspecified atom stereocenters. The topological polar surface area (TPSA) is 50.4 Å². The van der Waals surface area contributed by atoms with Crippen molar-refractivity contribution in [2.75, 3.05) is 26.2 Å². The molecule has 2 rings (SSSR count). The molecule has 20 heavy (non-hydrogen) atoms. The van der Waals surface area contributed by atoms with Crippen LogP contribution in [-0.2, 0) is 16.0 Å². The first kappa shape index (κ1) is 17.5. The summed E-state index contributed by atoms with van der Waals surface area (Å²) in [7, 11) is 0. The lowest BCUT2D eigenvalue weighted by Crippen LogP contribution is -2.48. The SMILES string of the molecule is Cl.O=C(NCCc1cc(Cl)cc(Cl)c1)C1CNCCO1. The zero-order valence-electron chi connectivity index (χ0n) is 10.8. The maximum Gasteiger partial charge on any atom is 0.250 e. The Hall–Kier alpha value is -0.520. The maximum atomic E-state index is 11.8. The van der Waals surface area contributed by atoms with Crippen LogP contribution >= 0.6 is 35.6 Å². The number of morpholine rings is 1. The van der Waals surface area contributed by atoms with Gasteiger partial charge in [0.1, 0.15) is 6.10 Å². The lowest BCUT2D eigenvalue weighted by molar-refractivity contribution is -0.134. The number of rotatable bonds is 4. The van der Waals surface area contributed by atoms with Crippen molar-refractivity contribution in [1.29, 1.82) is 0 Å². The molecule has 2 N–H and O–H groups in total. The fourth-order valence-electron chi connectivity index (χ4n) is 1.93. The number of carbonyl (C=O) groups excluding carboxylic acids is 1. The summed E-state index contributed by atoms with van der Waals surface area (Å²) in [6.07, 6.45) is 0.295. The van der Waals surface area contributed by atoms with Crippen molar-refractivity contribution in [2.24, 2.45) is 0 Å². The van der Waals surface area contributed by atoms with E-state index in [0.29, 0.717) is 36.2 Å². The van der Waals surface area contributed by atoms with Gasteiger partial charge in [-0.15, -0.1) is 12.4 Å². The Labute approximate surface area is 134 Å². The average molecular weight is 340 g/mol. The van der Waals surface area contributed by atoms with Gasteiger partial charge in [0.2, 0.25) is 5.91 Å². The largest absolute Gasteiger partial charge is 0.366 e. The highest BCUT2D eigenvalue weighted by molar-refractivity contribution is 6.34. The van der Waals surface area contributed by atoms with Crippen LogP contribution in [0.15, 0.2) is 18.2 Å². The number of halogens is 3. The average Bonchev–Trinajstić information content (AvgIpc) is 2.38. The predicted molar refractivity (Wildman–Crippen MR) is 83.0 cm³/mol. The molecule has 0 aliphatic carbocycles. The van der Waals surface area contributed by atoms with Crippen LogP contribution in [0.2, 0.25) is 10.0 Å². The van der Waals surface area contributed by atoms with E-state index in [-0.39, 0.29) is 18.3 Å². The second kappa shape index (κ2) is 8.70. The van der Waals surface area contributed by atoms with Gasteiger partial charge in [-0.05, 0) is 30.2 Å². The molecule has 0 aromatic heterocycles. The van der Waals surface area contributed by atoms with Gasteiger partial charge in [-0.25, -0.2) is 0 Å². The number of carbonyl (C=O) groups is 1. The van der Waals surface area contributed by atoms with E-state index in [4.69, 9.17) is 27.9 Å². The van der Waals surface area contributed by atoms with Gasteiger partial charge in [-0.1, -0.05) is 23.2 Å². The third-order valence-corrected chi connectivity index (χ3v) is 3.29. The Balaban J connectivity index is 0.00000200. The predicted octanol–water partition coefficient (Wildman–Crippen LogP) is 2.06. The lowest BCUT2D eigenvalue weighted by Gasteiger charge is -2.22. The molecular weight excluding hydrogens is 323 g/mol. The molecule has 1 aromatic carbocycles. The van der Waals surface area contributed by atoms with E-state index in [0.717, 1.165) is 12.1 Å². The Kier molecular flexibility index (Phi) is 7.62. The molecule has 1 saturated heterocycles. The highest BCUT2D eigenvalue weighted by Gasteiger charge is 2.20. The van der Waals surface area contributed by atoms with Crippen molar-refractivity contribution in [3.8, 4) is 0 Å². The van der Waals surface area contributed by atoms with Crippen molar-refractivity contribution in [1.82, 2.24) is 10.6 Å². The smallest absolute Gasteiger partial charge is 0.250 e. The quantitative estimate of drug-likeness (QED) is 0.883. The second-order valence-corrected chi connectivity index (χ2v) is 5.26. The van der Waals surface area contributed by atoms with Gasteiger partial charge < -0.3 is 15.4 Å². The van der Waals surface area contributed by atoms with Crippen LogP contribution in [0.1, 0.15) is 5.56 Å². The molecular formula is C13H17Cl3N2O2. The summed E-state index contributed by atoms with van der Waals surface area (Å²) in [4.78, 5) is 11.8. The van der Waals surface area contributed by atoms with Crippen LogP contribution in [0.5, 0.6) is 0 Å². The van der Waals surface area contributed by atoms with Crippen LogP contribution in [0.25, 0.3) is 0 Å². The first-order valence-electron chi connectivity index (χ1n) is 6.20. The maximum absolute atomic E-state index is 11.8.